The van der Waals surface area contributed by atoms with Crippen molar-refractivity contribution in [2.24, 2.45) is 0 Å². The summed E-state index contributed by atoms with van der Waals surface area (Å²) in [5.41, 5.74) is 0.798. The van der Waals surface area contributed by atoms with Crippen molar-refractivity contribution in [1.29, 1.82) is 0 Å². The maximum absolute atomic E-state index is 12.8. The summed E-state index contributed by atoms with van der Waals surface area (Å²) in [5.74, 6) is -1.58. The normalized spacial score (nSPS) is 14.1. The van der Waals surface area contributed by atoms with Gasteiger partial charge in [-0.3, -0.25) is 9.59 Å². The molecule has 0 spiro atoms. The molecule has 118 valence electrons. The number of anilines is 1. The molecule has 2 aromatic carbocycles. The average Bonchev–Trinajstić information content (AvgIpc) is 2.79. The Morgan fingerprint density at radius 1 is 1.04 bits per heavy atom. The Hall–Kier alpha value is -2.67. The summed E-state index contributed by atoms with van der Waals surface area (Å²) in [6, 6.07) is 10.4. The van der Waals surface area contributed by atoms with Crippen LogP contribution >= 0.6 is 0 Å². The molecule has 6 nitrogen and oxygen atoms in total. The molecule has 0 saturated heterocycles. The summed E-state index contributed by atoms with van der Waals surface area (Å²) < 4.78 is 31.1. The number of sulfonamides is 1. The number of ketones is 1. The van der Waals surface area contributed by atoms with Crippen molar-refractivity contribution in [3.63, 3.8) is 0 Å². The Bertz CT molecular complexity index is 933. The fourth-order valence-corrected chi connectivity index (χ4v) is 3.95. The van der Waals surface area contributed by atoms with E-state index in [1.54, 1.807) is 19.1 Å². The second-order valence-electron chi connectivity index (χ2n) is 5.10. The van der Waals surface area contributed by atoms with Crippen LogP contribution in [-0.2, 0) is 14.8 Å². The van der Waals surface area contributed by atoms with E-state index in [2.05, 4.69) is 0 Å². The minimum absolute atomic E-state index is 0.0191. The lowest BCUT2D eigenvalue weighted by molar-refractivity contribution is -0.113. The molecule has 0 radical (unpaired) electrons. The highest BCUT2D eigenvalue weighted by atomic mass is 32.2. The standard InChI is InChI=1S/C16H13NO5S/c1-10-4-3-5-12(8-10)23(20,21)17-14-7-6-11(22-2)9-13(14)15(18)16(17)19/h3-9H,1-2H3. The number of benzene rings is 2. The third kappa shape index (κ3) is 2.29. The molecule has 1 aliphatic rings. The minimum Gasteiger partial charge on any atom is -0.497 e. The highest BCUT2D eigenvalue weighted by Gasteiger charge is 2.43. The number of carbonyl (C=O) groups excluding carboxylic acids is 2. The van der Waals surface area contributed by atoms with Crippen LogP contribution in [0.5, 0.6) is 5.75 Å². The monoisotopic (exact) mass is 331 g/mol. The van der Waals surface area contributed by atoms with Gasteiger partial charge in [-0.25, -0.2) is 8.42 Å². The highest BCUT2D eigenvalue weighted by molar-refractivity contribution is 7.93. The maximum Gasteiger partial charge on any atom is 0.313 e. The lowest BCUT2D eigenvalue weighted by Gasteiger charge is -2.17. The molecule has 0 saturated carbocycles. The first-order chi connectivity index (χ1) is 10.9. The van der Waals surface area contributed by atoms with E-state index in [0.717, 1.165) is 5.56 Å². The van der Waals surface area contributed by atoms with Gasteiger partial charge in [-0.2, -0.15) is 4.31 Å². The van der Waals surface area contributed by atoms with E-state index in [1.807, 2.05) is 0 Å². The Labute approximate surface area is 133 Å². The number of methoxy groups -OCH3 is 1. The van der Waals surface area contributed by atoms with Crippen molar-refractivity contribution >= 4 is 27.4 Å². The summed E-state index contributed by atoms with van der Waals surface area (Å²) in [6.07, 6.45) is 0. The van der Waals surface area contributed by atoms with Crippen molar-refractivity contribution in [2.75, 3.05) is 11.4 Å². The SMILES string of the molecule is COc1ccc2c(c1)C(=O)C(=O)N2S(=O)(=O)c1cccc(C)c1. The molecular weight excluding hydrogens is 318 g/mol. The largest absolute Gasteiger partial charge is 0.497 e. The number of hydrogen-bond donors (Lipinski definition) is 0. The van der Waals surface area contributed by atoms with Gasteiger partial charge in [0, 0.05) is 0 Å². The molecule has 1 amide bonds. The number of amides is 1. The maximum atomic E-state index is 12.8. The molecule has 0 N–H and O–H groups in total. The van der Waals surface area contributed by atoms with Gasteiger partial charge in [0.05, 0.1) is 23.3 Å². The van der Waals surface area contributed by atoms with Crippen LogP contribution < -0.4 is 9.04 Å². The topological polar surface area (TPSA) is 80.8 Å². The molecule has 0 unspecified atom stereocenters. The van der Waals surface area contributed by atoms with Crippen LogP contribution in [0.1, 0.15) is 15.9 Å². The van der Waals surface area contributed by atoms with Gasteiger partial charge in [0.15, 0.2) is 0 Å². The zero-order valence-electron chi connectivity index (χ0n) is 12.4. The number of nitrogens with zero attached hydrogens (tertiary/aromatic N) is 1. The molecule has 7 heteroatoms. The van der Waals surface area contributed by atoms with Gasteiger partial charge in [-0.05, 0) is 42.8 Å². The summed E-state index contributed by atoms with van der Waals surface area (Å²) in [4.78, 5) is 24.3. The highest BCUT2D eigenvalue weighted by Crippen LogP contribution is 2.36. The van der Waals surface area contributed by atoms with Crippen LogP contribution in [0.3, 0.4) is 0 Å². The van der Waals surface area contributed by atoms with Crippen molar-refractivity contribution in [3.8, 4) is 5.75 Å². The summed E-state index contributed by atoms with van der Waals surface area (Å²) in [6.45, 7) is 1.74. The molecule has 23 heavy (non-hydrogen) atoms. The van der Waals surface area contributed by atoms with E-state index < -0.39 is 21.7 Å². The van der Waals surface area contributed by atoms with Gasteiger partial charge in [-0.1, -0.05) is 12.1 Å². The smallest absolute Gasteiger partial charge is 0.313 e. The predicted molar refractivity (Wildman–Crippen MR) is 83.2 cm³/mol. The van der Waals surface area contributed by atoms with E-state index >= 15 is 0 Å². The predicted octanol–water partition coefficient (Wildman–Crippen LogP) is 1.92. The molecule has 0 bridgehead atoms. The quantitative estimate of drug-likeness (QED) is 0.803. The van der Waals surface area contributed by atoms with Crippen LogP contribution in [0.25, 0.3) is 0 Å². The third-order valence-electron chi connectivity index (χ3n) is 3.57. The van der Waals surface area contributed by atoms with Crippen molar-refractivity contribution in [2.45, 2.75) is 11.8 Å². The van der Waals surface area contributed by atoms with E-state index in [4.69, 9.17) is 4.74 Å². The Balaban J connectivity index is 2.18. The van der Waals surface area contributed by atoms with Crippen LogP contribution in [-0.4, -0.2) is 27.2 Å². The third-order valence-corrected chi connectivity index (χ3v) is 5.27. The minimum atomic E-state index is -4.15. The lowest BCUT2D eigenvalue weighted by Crippen LogP contribution is -2.35. The number of ether oxygens (including phenoxy) is 1. The molecule has 0 aromatic heterocycles. The van der Waals surface area contributed by atoms with E-state index in [0.29, 0.717) is 10.1 Å². The van der Waals surface area contributed by atoms with Crippen LogP contribution in [0.15, 0.2) is 47.4 Å². The van der Waals surface area contributed by atoms with Gasteiger partial charge in [-0.15, -0.1) is 0 Å². The first-order valence-corrected chi connectivity index (χ1v) is 8.19. The second-order valence-corrected chi connectivity index (χ2v) is 6.89. The van der Waals surface area contributed by atoms with Gasteiger partial charge >= 0.3 is 5.91 Å². The second kappa shape index (κ2) is 5.20. The van der Waals surface area contributed by atoms with Crippen molar-refractivity contribution < 1.29 is 22.7 Å². The van der Waals surface area contributed by atoms with Gasteiger partial charge in [0.25, 0.3) is 15.8 Å². The molecule has 1 heterocycles. The van der Waals surface area contributed by atoms with Crippen LogP contribution in [0.2, 0.25) is 0 Å². The number of hydrogen-bond acceptors (Lipinski definition) is 5. The average molecular weight is 331 g/mol. The molecule has 0 fully saturated rings. The zero-order valence-corrected chi connectivity index (χ0v) is 13.3. The molecule has 3 rings (SSSR count). The number of Topliss-reactive ketones (excluding diaryl/α,β-unsaturated/α-hetero) is 1. The van der Waals surface area contributed by atoms with Crippen LogP contribution in [0, 0.1) is 6.92 Å². The summed E-state index contributed by atoms with van der Waals surface area (Å²) in [7, 11) is -2.73. The number of aryl methyl sites for hydroxylation is 1. The van der Waals surface area contributed by atoms with Gasteiger partial charge in [0.2, 0.25) is 0 Å². The molecule has 0 atom stereocenters. The first kappa shape index (κ1) is 15.2. The Morgan fingerprint density at radius 2 is 1.78 bits per heavy atom. The summed E-state index contributed by atoms with van der Waals surface area (Å²) >= 11 is 0. The first-order valence-electron chi connectivity index (χ1n) is 6.75. The zero-order chi connectivity index (χ0) is 16.8. The van der Waals surface area contributed by atoms with E-state index in [9.17, 15) is 18.0 Å². The number of rotatable bonds is 3. The molecule has 1 aliphatic heterocycles. The Kier molecular flexibility index (Phi) is 3.45. The van der Waals surface area contributed by atoms with Gasteiger partial charge in [0.1, 0.15) is 5.75 Å². The van der Waals surface area contributed by atoms with Crippen molar-refractivity contribution in [1.82, 2.24) is 0 Å². The fraction of sp³-hybridized carbons (Fsp3) is 0.125. The van der Waals surface area contributed by atoms with E-state index in [-0.39, 0.29) is 16.1 Å². The fourth-order valence-electron chi connectivity index (χ4n) is 2.44. The lowest BCUT2D eigenvalue weighted by atomic mass is 10.1. The van der Waals surface area contributed by atoms with Crippen LogP contribution in [0.4, 0.5) is 5.69 Å². The molecule has 0 aliphatic carbocycles. The van der Waals surface area contributed by atoms with E-state index in [1.165, 1.54) is 37.4 Å². The number of carbonyl (C=O) groups is 2. The molecular formula is C16H13NO5S. The summed E-state index contributed by atoms with van der Waals surface area (Å²) in [5, 5.41) is 0. The molecule has 2 aromatic rings. The number of fused-ring (bicyclic) bond motifs is 1. The van der Waals surface area contributed by atoms with Gasteiger partial charge < -0.3 is 4.74 Å². The van der Waals surface area contributed by atoms with Crippen molar-refractivity contribution in [3.05, 3.63) is 53.6 Å². The Morgan fingerprint density at radius 3 is 2.43 bits per heavy atom.